The van der Waals surface area contributed by atoms with Crippen LogP contribution < -0.4 is 9.47 Å². The summed E-state index contributed by atoms with van der Waals surface area (Å²) in [4.78, 5) is 22.0. The molecule has 0 N–H and O–H groups in total. The predicted molar refractivity (Wildman–Crippen MR) is 132 cm³/mol. The highest BCUT2D eigenvalue weighted by Crippen LogP contribution is 2.33. The van der Waals surface area contributed by atoms with Crippen LogP contribution in [-0.4, -0.2) is 61.1 Å². The van der Waals surface area contributed by atoms with Gasteiger partial charge in [0.15, 0.2) is 11.5 Å². The van der Waals surface area contributed by atoms with Gasteiger partial charge in [0.25, 0.3) is 0 Å². The van der Waals surface area contributed by atoms with Gasteiger partial charge in [-0.25, -0.2) is 4.98 Å². The maximum Gasteiger partial charge on any atom is 0.228 e. The van der Waals surface area contributed by atoms with Crippen molar-refractivity contribution in [2.75, 3.05) is 40.4 Å². The maximum absolute atomic E-state index is 13.0. The summed E-state index contributed by atoms with van der Waals surface area (Å²) in [6, 6.07) is 15.6. The van der Waals surface area contributed by atoms with Crippen LogP contribution in [0.25, 0.3) is 10.6 Å². The van der Waals surface area contributed by atoms with Gasteiger partial charge in [-0.15, -0.1) is 11.3 Å². The van der Waals surface area contributed by atoms with Crippen molar-refractivity contribution < 1.29 is 14.3 Å². The van der Waals surface area contributed by atoms with E-state index >= 15 is 0 Å². The Morgan fingerprint density at radius 3 is 2.59 bits per heavy atom. The highest BCUT2D eigenvalue weighted by Gasteiger charge is 2.20. The Kier molecular flexibility index (Phi) is 7.78. The Morgan fingerprint density at radius 1 is 1.06 bits per heavy atom. The lowest BCUT2D eigenvalue weighted by atomic mass is 10.1. The van der Waals surface area contributed by atoms with E-state index in [1.807, 2.05) is 52.7 Å². The number of carbonyl (C=O) groups is 1. The standard InChI is InChI=1S/C26H28N4O3S/c1-32-23-9-8-21(14-24(23)33-2)26-28-22(18-34-26)15-25(31)30-11-3-10-29(12-13-30)17-20-6-4-19(16-27)5-7-20/h4-9,14,18H,3,10-13,15,17H2,1-2H3. The third kappa shape index (κ3) is 5.74. The van der Waals surface area contributed by atoms with Crippen molar-refractivity contribution in [3.05, 3.63) is 64.7 Å². The fourth-order valence-corrected chi connectivity index (χ4v) is 4.89. The summed E-state index contributed by atoms with van der Waals surface area (Å²) in [7, 11) is 3.22. The summed E-state index contributed by atoms with van der Waals surface area (Å²) < 4.78 is 10.7. The molecule has 1 saturated heterocycles. The number of carbonyl (C=O) groups excluding carboxylic acids is 1. The first-order chi connectivity index (χ1) is 16.6. The van der Waals surface area contributed by atoms with E-state index in [1.165, 1.54) is 16.9 Å². The quantitative estimate of drug-likeness (QED) is 0.513. The van der Waals surface area contributed by atoms with Crippen LogP contribution in [0, 0.1) is 11.3 Å². The molecule has 0 atom stereocenters. The molecule has 1 aromatic heterocycles. The number of amides is 1. The van der Waals surface area contributed by atoms with E-state index in [0.29, 0.717) is 30.0 Å². The minimum atomic E-state index is 0.115. The fraction of sp³-hybridized carbons (Fsp3) is 0.346. The molecule has 0 bridgehead atoms. The van der Waals surface area contributed by atoms with Crippen LogP contribution in [0.15, 0.2) is 47.8 Å². The summed E-state index contributed by atoms with van der Waals surface area (Å²) in [6.07, 6.45) is 1.25. The van der Waals surface area contributed by atoms with Crippen LogP contribution in [0.4, 0.5) is 0 Å². The first-order valence-electron chi connectivity index (χ1n) is 11.3. The highest BCUT2D eigenvalue weighted by atomic mass is 32.1. The van der Waals surface area contributed by atoms with Crippen LogP contribution in [0.1, 0.15) is 23.2 Å². The van der Waals surface area contributed by atoms with Gasteiger partial charge in [-0.05, 0) is 42.3 Å². The molecule has 2 heterocycles. The lowest BCUT2D eigenvalue weighted by molar-refractivity contribution is -0.130. The van der Waals surface area contributed by atoms with E-state index in [0.717, 1.165) is 48.9 Å². The van der Waals surface area contributed by atoms with E-state index in [9.17, 15) is 4.79 Å². The van der Waals surface area contributed by atoms with Crippen molar-refractivity contribution >= 4 is 17.2 Å². The van der Waals surface area contributed by atoms with E-state index in [-0.39, 0.29) is 5.91 Å². The first-order valence-corrected chi connectivity index (χ1v) is 12.1. The summed E-state index contributed by atoms with van der Waals surface area (Å²) >= 11 is 1.53. The van der Waals surface area contributed by atoms with Crippen molar-refractivity contribution in [1.82, 2.24) is 14.8 Å². The lowest BCUT2D eigenvalue weighted by Crippen LogP contribution is -2.36. The molecule has 0 spiro atoms. The van der Waals surface area contributed by atoms with Gasteiger partial charge in [0.05, 0.1) is 38.0 Å². The van der Waals surface area contributed by atoms with Crippen molar-refractivity contribution in [2.24, 2.45) is 0 Å². The Balaban J connectivity index is 1.33. The van der Waals surface area contributed by atoms with Gasteiger partial charge in [-0.2, -0.15) is 5.26 Å². The Hall–Kier alpha value is -3.41. The number of rotatable bonds is 7. The Bertz CT molecular complexity index is 1170. The number of aromatic nitrogens is 1. The van der Waals surface area contributed by atoms with E-state index < -0.39 is 0 Å². The normalized spacial score (nSPS) is 14.3. The van der Waals surface area contributed by atoms with Gasteiger partial charge < -0.3 is 14.4 Å². The molecule has 4 rings (SSSR count). The average molecular weight is 477 g/mol. The number of hydrogen-bond acceptors (Lipinski definition) is 7. The molecule has 0 radical (unpaired) electrons. The summed E-state index contributed by atoms with van der Waals surface area (Å²) in [5, 5.41) is 11.8. The van der Waals surface area contributed by atoms with E-state index in [4.69, 9.17) is 19.7 Å². The average Bonchev–Trinajstić information content (AvgIpc) is 3.21. The molecule has 1 fully saturated rings. The van der Waals surface area contributed by atoms with Crippen LogP contribution in [0.5, 0.6) is 11.5 Å². The molecule has 1 aliphatic rings. The molecule has 34 heavy (non-hydrogen) atoms. The smallest absolute Gasteiger partial charge is 0.228 e. The van der Waals surface area contributed by atoms with Gasteiger partial charge in [0.1, 0.15) is 5.01 Å². The maximum atomic E-state index is 13.0. The van der Waals surface area contributed by atoms with Gasteiger partial charge in [-0.1, -0.05) is 12.1 Å². The third-order valence-corrected chi connectivity index (χ3v) is 6.89. The van der Waals surface area contributed by atoms with E-state index in [1.54, 1.807) is 14.2 Å². The molecule has 1 amide bonds. The van der Waals surface area contributed by atoms with E-state index in [2.05, 4.69) is 11.0 Å². The zero-order valence-corrected chi connectivity index (χ0v) is 20.3. The van der Waals surface area contributed by atoms with Crippen LogP contribution in [-0.2, 0) is 17.8 Å². The minimum Gasteiger partial charge on any atom is -0.493 e. The molecule has 0 unspecified atom stereocenters. The summed E-state index contributed by atoms with van der Waals surface area (Å²) in [5.74, 6) is 1.44. The van der Waals surface area contributed by atoms with Crippen LogP contribution >= 0.6 is 11.3 Å². The zero-order chi connectivity index (χ0) is 23.9. The van der Waals surface area contributed by atoms with Crippen LogP contribution in [0.2, 0.25) is 0 Å². The molecule has 3 aromatic rings. The molecule has 2 aromatic carbocycles. The molecular formula is C26H28N4O3S. The number of methoxy groups -OCH3 is 2. The van der Waals surface area contributed by atoms with Crippen molar-refractivity contribution in [3.8, 4) is 28.1 Å². The molecule has 1 aliphatic heterocycles. The second-order valence-electron chi connectivity index (χ2n) is 8.21. The minimum absolute atomic E-state index is 0.115. The predicted octanol–water partition coefficient (Wildman–Crippen LogP) is 3.98. The lowest BCUT2D eigenvalue weighted by Gasteiger charge is -2.22. The zero-order valence-electron chi connectivity index (χ0n) is 19.5. The monoisotopic (exact) mass is 476 g/mol. The van der Waals surface area contributed by atoms with Crippen molar-refractivity contribution in [1.29, 1.82) is 5.26 Å². The molecule has 0 saturated carbocycles. The fourth-order valence-electron chi connectivity index (χ4n) is 4.08. The largest absolute Gasteiger partial charge is 0.493 e. The summed E-state index contributed by atoms with van der Waals surface area (Å²) in [5.41, 5.74) is 3.59. The van der Waals surface area contributed by atoms with Crippen molar-refractivity contribution in [2.45, 2.75) is 19.4 Å². The molecular weight excluding hydrogens is 448 g/mol. The van der Waals surface area contributed by atoms with Gasteiger partial charge in [0.2, 0.25) is 5.91 Å². The number of hydrogen-bond donors (Lipinski definition) is 0. The van der Waals surface area contributed by atoms with Gasteiger partial charge in [0, 0.05) is 43.7 Å². The molecule has 0 aliphatic carbocycles. The third-order valence-electron chi connectivity index (χ3n) is 5.95. The SMILES string of the molecule is COc1ccc(-c2nc(CC(=O)N3CCCN(Cc4ccc(C#N)cc4)CC3)cs2)cc1OC. The Morgan fingerprint density at radius 2 is 1.85 bits per heavy atom. The molecule has 176 valence electrons. The van der Waals surface area contributed by atoms with Crippen molar-refractivity contribution in [3.63, 3.8) is 0 Å². The number of nitrogens with zero attached hydrogens (tertiary/aromatic N) is 4. The Labute approximate surface area is 204 Å². The second kappa shape index (κ2) is 11.1. The number of ether oxygens (including phenoxy) is 2. The topological polar surface area (TPSA) is 78.7 Å². The summed E-state index contributed by atoms with van der Waals surface area (Å²) in [6.45, 7) is 4.08. The van der Waals surface area contributed by atoms with Crippen LogP contribution in [0.3, 0.4) is 0 Å². The number of nitriles is 1. The molecule has 7 nitrogen and oxygen atoms in total. The number of benzene rings is 2. The second-order valence-corrected chi connectivity index (χ2v) is 9.07. The van der Waals surface area contributed by atoms with Gasteiger partial charge >= 0.3 is 0 Å². The number of thiazole rings is 1. The van der Waals surface area contributed by atoms with Gasteiger partial charge in [-0.3, -0.25) is 9.69 Å². The first kappa shape index (κ1) is 23.7. The highest BCUT2D eigenvalue weighted by molar-refractivity contribution is 7.13. The molecule has 8 heteroatoms.